The zero-order valence-corrected chi connectivity index (χ0v) is 14.8. The maximum absolute atomic E-state index is 12.4. The highest BCUT2D eigenvalue weighted by atomic mass is 16.5. The van der Waals surface area contributed by atoms with Crippen molar-refractivity contribution in [3.8, 4) is 11.5 Å². The molecule has 2 N–H and O–H groups in total. The van der Waals surface area contributed by atoms with Gasteiger partial charge >= 0.3 is 0 Å². The summed E-state index contributed by atoms with van der Waals surface area (Å²) in [5, 5.41) is 5.43. The van der Waals surface area contributed by atoms with Gasteiger partial charge in [0.05, 0.1) is 18.4 Å². The number of carbonyl (C=O) groups excluding carboxylic acids is 2. The molecule has 6 nitrogen and oxygen atoms in total. The molecular weight excluding hydrogens is 332 g/mol. The number of hydrogen-bond acceptors (Lipinski definition) is 4. The normalized spacial score (nSPS) is 11.2. The van der Waals surface area contributed by atoms with Crippen LogP contribution in [0.3, 0.4) is 0 Å². The molecule has 0 bridgehead atoms. The molecule has 0 aromatic heterocycles. The maximum atomic E-state index is 12.4. The van der Waals surface area contributed by atoms with E-state index in [0.29, 0.717) is 29.3 Å². The van der Waals surface area contributed by atoms with E-state index in [2.05, 4.69) is 17.2 Å². The molecule has 2 amide bonds. The van der Waals surface area contributed by atoms with Crippen LogP contribution in [0.25, 0.3) is 0 Å². The van der Waals surface area contributed by atoms with Crippen molar-refractivity contribution in [1.29, 1.82) is 0 Å². The highest BCUT2D eigenvalue weighted by Crippen LogP contribution is 2.21. The molecule has 0 saturated carbocycles. The molecule has 0 saturated heterocycles. The first-order valence-electron chi connectivity index (χ1n) is 8.15. The molecule has 0 aliphatic carbocycles. The Bertz CT molecular complexity index is 789. The number of carbonyl (C=O) groups is 2. The Morgan fingerprint density at radius 2 is 1.88 bits per heavy atom. The van der Waals surface area contributed by atoms with Crippen molar-refractivity contribution in [2.24, 2.45) is 0 Å². The topological polar surface area (TPSA) is 76.7 Å². The smallest absolute Gasteiger partial charge is 0.265 e. The van der Waals surface area contributed by atoms with Gasteiger partial charge in [0.15, 0.2) is 6.10 Å². The fourth-order valence-corrected chi connectivity index (χ4v) is 2.22. The van der Waals surface area contributed by atoms with Crippen LogP contribution in [0.15, 0.2) is 61.2 Å². The Hall–Kier alpha value is -3.28. The lowest BCUT2D eigenvalue weighted by atomic mass is 10.1. The standard InChI is InChI=1S/C20H22N2O4/c1-4-12-21-20(24)17-10-5-6-11-18(17)22-19(23)14(2)26-16-9-7-8-15(13-16)25-3/h4-11,13-14H,1,12H2,2-3H3,(H,21,24)(H,22,23)/t14-/m1/s1. The summed E-state index contributed by atoms with van der Waals surface area (Å²) in [6.07, 6.45) is 0.828. The predicted molar refractivity (Wildman–Crippen MR) is 101 cm³/mol. The molecule has 136 valence electrons. The second-order valence-electron chi connectivity index (χ2n) is 5.47. The molecule has 0 radical (unpaired) electrons. The van der Waals surface area contributed by atoms with E-state index < -0.39 is 6.10 Å². The lowest BCUT2D eigenvalue weighted by Crippen LogP contribution is -2.31. The van der Waals surface area contributed by atoms with Crippen LogP contribution in [-0.2, 0) is 4.79 Å². The monoisotopic (exact) mass is 354 g/mol. The number of anilines is 1. The molecule has 2 rings (SSSR count). The summed E-state index contributed by atoms with van der Waals surface area (Å²) in [6, 6.07) is 13.8. The summed E-state index contributed by atoms with van der Waals surface area (Å²) in [7, 11) is 1.56. The molecule has 2 aromatic carbocycles. The second kappa shape index (κ2) is 9.27. The number of hydrogen-bond donors (Lipinski definition) is 2. The van der Waals surface area contributed by atoms with E-state index in [1.54, 1.807) is 68.6 Å². The average Bonchev–Trinajstić information content (AvgIpc) is 2.66. The van der Waals surface area contributed by atoms with Crippen LogP contribution in [0.4, 0.5) is 5.69 Å². The molecule has 0 fully saturated rings. The number of nitrogens with one attached hydrogen (secondary N) is 2. The third kappa shape index (κ3) is 5.11. The van der Waals surface area contributed by atoms with Gasteiger partial charge in [-0.2, -0.15) is 0 Å². The largest absolute Gasteiger partial charge is 0.497 e. The third-order valence-corrected chi connectivity index (χ3v) is 3.56. The summed E-state index contributed by atoms with van der Waals surface area (Å²) >= 11 is 0. The van der Waals surface area contributed by atoms with Crippen molar-refractivity contribution in [2.45, 2.75) is 13.0 Å². The molecule has 1 atom stereocenters. The van der Waals surface area contributed by atoms with Gasteiger partial charge in [-0.05, 0) is 31.2 Å². The lowest BCUT2D eigenvalue weighted by Gasteiger charge is -2.16. The summed E-state index contributed by atoms with van der Waals surface area (Å²) < 4.78 is 10.8. The third-order valence-electron chi connectivity index (χ3n) is 3.56. The van der Waals surface area contributed by atoms with Crippen LogP contribution < -0.4 is 20.1 Å². The number of para-hydroxylation sites is 1. The first-order valence-corrected chi connectivity index (χ1v) is 8.15. The Labute approximate surface area is 152 Å². The van der Waals surface area contributed by atoms with Gasteiger partial charge in [-0.15, -0.1) is 6.58 Å². The number of methoxy groups -OCH3 is 1. The van der Waals surface area contributed by atoms with Gasteiger partial charge in [0.1, 0.15) is 11.5 Å². The average molecular weight is 354 g/mol. The Morgan fingerprint density at radius 3 is 2.62 bits per heavy atom. The minimum absolute atomic E-state index is 0.290. The van der Waals surface area contributed by atoms with Crippen LogP contribution >= 0.6 is 0 Å². The van der Waals surface area contributed by atoms with Crippen LogP contribution in [0.2, 0.25) is 0 Å². The zero-order valence-electron chi connectivity index (χ0n) is 14.8. The fourth-order valence-electron chi connectivity index (χ4n) is 2.22. The second-order valence-corrected chi connectivity index (χ2v) is 5.47. The van der Waals surface area contributed by atoms with Crippen molar-refractivity contribution in [3.63, 3.8) is 0 Å². The molecule has 0 aliphatic heterocycles. The molecular formula is C20H22N2O4. The summed E-state index contributed by atoms with van der Waals surface area (Å²) in [5.41, 5.74) is 0.788. The highest BCUT2D eigenvalue weighted by molar-refractivity contribution is 6.04. The summed E-state index contributed by atoms with van der Waals surface area (Å²) in [4.78, 5) is 24.6. The summed E-state index contributed by atoms with van der Waals surface area (Å²) in [6.45, 7) is 5.54. The van der Waals surface area contributed by atoms with E-state index in [1.807, 2.05) is 0 Å². The van der Waals surface area contributed by atoms with Crippen molar-refractivity contribution in [1.82, 2.24) is 5.32 Å². The first kappa shape index (κ1) is 19.1. The predicted octanol–water partition coefficient (Wildman–Crippen LogP) is 3.02. The fraction of sp³-hybridized carbons (Fsp3) is 0.200. The first-order chi connectivity index (χ1) is 12.5. The van der Waals surface area contributed by atoms with Crippen LogP contribution in [0.5, 0.6) is 11.5 Å². The van der Waals surface area contributed by atoms with Gasteiger partial charge in [0.25, 0.3) is 11.8 Å². The van der Waals surface area contributed by atoms with E-state index in [1.165, 1.54) is 0 Å². The van der Waals surface area contributed by atoms with E-state index in [9.17, 15) is 9.59 Å². The van der Waals surface area contributed by atoms with E-state index in [0.717, 1.165) is 0 Å². The van der Waals surface area contributed by atoms with Crippen LogP contribution in [0, 0.1) is 0 Å². The zero-order chi connectivity index (χ0) is 18.9. The molecule has 0 spiro atoms. The van der Waals surface area contributed by atoms with E-state index in [4.69, 9.17) is 9.47 Å². The van der Waals surface area contributed by atoms with Gasteiger partial charge in [-0.1, -0.05) is 24.3 Å². The van der Waals surface area contributed by atoms with Crippen LogP contribution in [-0.4, -0.2) is 31.6 Å². The molecule has 0 heterocycles. The molecule has 6 heteroatoms. The van der Waals surface area contributed by atoms with Gasteiger partial charge in [-0.3, -0.25) is 9.59 Å². The van der Waals surface area contributed by atoms with E-state index in [-0.39, 0.29) is 11.8 Å². The van der Waals surface area contributed by atoms with Gasteiger partial charge in [-0.25, -0.2) is 0 Å². The Kier molecular flexibility index (Phi) is 6.79. The van der Waals surface area contributed by atoms with E-state index >= 15 is 0 Å². The number of amides is 2. The van der Waals surface area contributed by atoms with Crippen LogP contribution in [0.1, 0.15) is 17.3 Å². The van der Waals surface area contributed by atoms with Crippen molar-refractivity contribution >= 4 is 17.5 Å². The molecule has 0 aliphatic rings. The minimum Gasteiger partial charge on any atom is -0.497 e. The Morgan fingerprint density at radius 1 is 1.15 bits per heavy atom. The maximum Gasteiger partial charge on any atom is 0.265 e. The minimum atomic E-state index is -0.758. The van der Waals surface area contributed by atoms with Crippen molar-refractivity contribution in [2.75, 3.05) is 19.0 Å². The Balaban J connectivity index is 2.06. The number of benzene rings is 2. The SMILES string of the molecule is C=CCNC(=O)c1ccccc1NC(=O)[C@@H](C)Oc1cccc(OC)c1. The molecule has 0 unspecified atom stereocenters. The molecule has 26 heavy (non-hydrogen) atoms. The number of ether oxygens (including phenoxy) is 2. The number of rotatable bonds is 8. The van der Waals surface area contributed by atoms with Gasteiger partial charge in [0.2, 0.25) is 0 Å². The lowest BCUT2D eigenvalue weighted by molar-refractivity contribution is -0.122. The van der Waals surface area contributed by atoms with Crippen molar-refractivity contribution in [3.05, 3.63) is 66.7 Å². The van der Waals surface area contributed by atoms with Gasteiger partial charge < -0.3 is 20.1 Å². The highest BCUT2D eigenvalue weighted by Gasteiger charge is 2.18. The van der Waals surface area contributed by atoms with Crippen molar-refractivity contribution < 1.29 is 19.1 Å². The summed E-state index contributed by atoms with van der Waals surface area (Å²) in [5.74, 6) is 0.502. The molecule has 2 aromatic rings. The van der Waals surface area contributed by atoms with Gasteiger partial charge in [0, 0.05) is 12.6 Å². The quantitative estimate of drug-likeness (QED) is 0.715.